The van der Waals surface area contributed by atoms with Crippen molar-refractivity contribution in [3.05, 3.63) is 268 Å². The van der Waals surface area contributed by atoms with Gasteiger partial charge in [0.15, 0.2) is 0 Å². The van der Waals surface area contributed by atoms with Gasteiger partial charge in [0.25, 0.3) is 0 Å². The molecule has 8 rings (SSSR count). The minimum absolute atomic E-state index is 0.139. The molecule has 0 radical (unpaired) electrons. The van der Waals surface area contributed by atoms with E-state index in [1.807, 2.05) is 0 Å². The molecule has 1 aliphatic rings. The van der Waals surface area contributed by atoms with Gasteiger partial charge in [-0.1, -0.05) is 386 Å². The van der Waals surface area contributed by atoms with E-state index in [2.05, 4.69) is 212 Å². The molecule has 7 aromatic carbocycles. The van der Waals surface area contributed by atoms with Gasteiger partial charge in [-0.15, -0.1) is 0 Å². The summed E-state index contributed by atoms with van der Waals surface area (Å²) in [5.74, 6) is -0.264. The first-order chi connectivity index (χ1) is 55.7. The molecule has 7 aromatic rings. The molecule has 7 nitrogen and oxygen atoms in total. The summed E-state index contributed by atoms with van der Waals surface area (Å²) in [6, 6.07) is 77.1. The normalized spacial score (nSPS) is 14.4. The van der Waals surface area contributed by atoms with E-state index in [1.165, 1.54) is 237 Å². The summed E-state index contributed by atoms with van der Waals surface area (Å²) in [6.45, 7) is 6.30. The van der Waals surface area contributed by atoms with Crippen LogP contribution in [0.15, 0.2) is 229 Å². The SMILES string of the molecule is c1ccc(CCCCCCCCCOCC2=C(COCCCCCCCCCc3ccccc3)C(COCCCCCCCCCc3ccccc3)C(COCCCCCCCCc3ccccc3)(OCOCCCCCCCCc3ccccc3)C(COCCCCCCCCc3ccccc3)=C2c2ccccc2)cc1. The van der Waals surface area contributed by atoms with Crippen LogP contribution in [0.2, 0.25) is 0 Å². The second-order valence-electron chi connectivity index (χ2n) is 32.3. The molecule has 1 aliphatic carbocycles. The van der Waals surface area contributed by atoms with E-state index in [-0.39, 0.29) is 12.7 Å². The minimum Gasteiger partial charge on any atom is -0.381 e. The van der Waals surface area contributed by atoms with E-state index in [1.54, 1.807) is 0 Å². The van der Waals surface area contributed by atoms with Crippen LogP contribution in [0.4, 0.5) is 0 Å². The first kappa shape index (κ1) is 91.3. The molecule has 2 unspecified atom stereocenters. The fraction of sp³-hybridized carbons (Fsp3) is 0.562. The van der Waals surface area contributed by atoms with Crippen molar-refractivity contribution in [3.63, 3.8) is 0 Å². The molecule has 0 saturated heterocycles. The van der Waals surface area contributed by atoms with E-state index in [9.17, 15) is 0 Å². The van der Waals surface area contributed by atoms with Crippen LogP contribution in [0.3, 0.4) is 0 Å². The molecule has 0 amide bonds. The van der Waals surface area contributed by atoms with Crippen LogP contribution in [0.5, 0.6) is 0 Å². The van der Waals surface area contributed by atoms with Gasteiger partial charge < -0.3 is 33.2 Å². The second kappa shape index (κ2) is 62.1. The number of aryl methyl sites for hydroxylation is 6. The molecule has 0 saturated carbocycles. The molecular formula is C105H150O7. The van der Waals surface area contributed by atoms with Crippen LogP contribution in [0.25, 0.3) is 5.57 Å². The summed E-state index contributed by atoms with van der Waals surface area (Å²) in [7, 11) is 0. The number of unbranched alkanes of at least 4 members (excludes halogenated alkanes) is 33. The van der Waals surface area contributed by atoms with Crippen molar-refractivity contribution in [3.8, 4) is 0 Å². The lowest BCUT2D eigenvalue weighted by Gasteiger charge is -2.48. The number of benzene rings is 7. The van der Waals surface area contributed by atoms with Crippen LogP contribution in [0, 0.1) is 5.92 Å². The Hall–Kier alpha value is -6.26. The van der Waals surface area contributed by atoms with Gasteiger partial charge in [-0.3, -0.25) is 0 Å². The Labute approximate surface area is 682 Å². The van der Waals surface area contributed by atoms with Crippen LogP contribution in [0.1, 0.15) is 289 Å². The topological polar surface area (TPSA) is 64.6 Å². The highest BCUT2D eigenvalue weighted by atomic mass is 16.7. The third-order valence-corrected chi connectivity index (χ3v) is 23.1. The number of rotatable bonds is 71. The van der Waals surface area contributed by atoms with E-state index in [0.717, 1.165) is 113 Å². The fourth-order valence-electron chi connectivity index (χ4n) is 16.4. The standard InChI is InChI=1S/C105H150O7/c1(4-16-35-61-93-67-41-28-42-68-93)10-22-55-81-106-87-100-101(88-107-82-56-23-11-2-5-17-36-62-94-69-43-29-44-70-94)104(99-79-53-34-54-80-99)103(90-109-84-58-25-13-7-19-38-64-96-73-47-31-48-74-96)105(91-110-85-59-26-14-8-20-39-65-97-75-49-32-50-76-97,112-92-111-86-60-27-15-9-21-40-66-98-77-51-33-52-78-98)102(100)89-108-83-57-24-12-3-6-18-37-63-95-71-45-30-46-72-95/h28-34,41-54,67-80,102H,1-27,35-40,55-66,81-92H2. The number of hydrogen-bond acceptors (Lipinski definition) is 7. The summed E-state index contributed by atoms with van der Waals surface area (Å²) in [6.07, 6.45) is 53.6. The summed E-state index contributed by atoms with van der Waals surface area (Å²) in [5, 5.41) is 0. The molecule has 0 fully saturated rings. The zero-order valence-corrected chi connectivity index (χ0v) is 69.9. The highest BCUT2D eigenvalue weighted by molar-refractivity contribution is 5.86. The molecule has 2 atom stereocenters. The van der Waals surface area contributed by atoms with Gasteiger partial charge in [-0.2, -0.15) is 0 Å². The van der Waals surface area contributed by atoms with Gasteiger partial charge >= 0.3 is 0 Å². The molecule has 0 N–H and O–H groups in total. The smallest absolute Gasteiger partial charge is 0.148 e. The summed E-state index contributed by atoms with van der Waals surface area (Å²) >= 11 is 0. The van der Waals surface area contributed by atoms with Crippen molar-refractivity contribution >= 4 is 5.57 Å². The van der Waals surface area contributed by atoms with Crippen molar-refractivity contribution < 1.29 is 33.2 Å². The Morgan fingerprint density at radius 1 is 0.223 bits per heavy atom. The second-order valence-corrected chi connectivity index (χ2v) is 32.3. The molecule has 612 valence electrons. The Morgan fingerprint density at radius 2 is 0.473 bits per heavy atom. The average molecular weight is 1520 g/mol. The summed E-state index contributed by atoms with van der Waals surface area (Å²) in [4.78, 5) is 0. The lowest BCUT2D eigenvalue weighted by atomic mass is 9.67. The lowest BCUT2D eigenvalue weighted by Crippen LogP contribution is -2.54. The fourth-order valence-corrected chi connectivity index (χ4v) is 16.4. The molecule has 0 aliphatic heterocycles. The molecular weight excluding hydrogens is 1370 g/mol. The molecule has 0 heterocycles. The van der Waals surface area contributed by atoms with Crippen molar-refractivity contribution in [2.45, 2.75) is 295 Å². The monoisotopic (exact) mass is 1520 g/mol. The maximum atomic E-state index is 7.83. The molecule has 112 heavy (non-hydrogen) atoms. The number of hydrogen-bond donors (Lipinski definition) is 0. The lowest BCUT2D eigenvalue weighted by molar-refractivity contribution is -0.179. The number of ether oxygens (including phenoxy) is 7. The molecule has 0 spiro atoms. The Balaban J connectivity index is 1.04. The zero-order valence-electron chi connectivity index (χ0n) is 69.9. The van der Waals surface area contributed by atoms with Crippen LogP contribution in [-0.4, -0.2) is 85.1 Å². The average Bonchev–Trinajstić information content (AvgIpc) is 0.725. The van der Waals surface area contributed by atoms with Crippen molar-refractivity contribution in [2.24, 2.45) is 5.92 Å². The van der Waals surface area contributed by atoms with Gasteiger partial charge in [0.05, 0.1) is 33.0 Å². The van der Waals surface area contributed by atoms with E-state index in [0.29, 0.717) is 72.7 Å². The quantitative estimate of drug-likeness (QED) is 0.0278. The Morgan fingerprint density at radius 3 is 0.795 bits per heavy atom. The van der Waals surface area contributed by atoms with Crippen molar-refractivity contribution in [2.75, 3.05) is 79.5 Å². The van der Waals surface area contributed by atoms with E-state index < -0.39 is 5.60 Å². The van der Waals surface area contributed by atoms with Gasteiger partial charge in [-0.25, -0.2) is 0 Å². The molecule has 7 heteroatoms. The molecule has 0 bridgehead atoms. The Bertz CT molecular complexity index is 3360. The van der Waals surface area contributed by atoms with E-state index >= 15 is 0 Å². The first-order valence-electron chi connectivity index (χ1n) is 45.6. The minimum atomic E-state index is -1.01. The van der Waals surface area contributed by atoms with Crippen LogP contribution in [-0.2, 0) is 71.7 Å². The third kappa shape index (κ3) is 39.9. The largest absolute Gasteiger partial charge is 0.381 e. The third-order valence-electron chi connectivity index (χ3n) is 23.1. The predicted octanol–water partition coefficient (Wildman–Crippen LogP) is 27.8. The zero-order chi connectivity index (χ0) is 77.4. The molecule has 0 aromatic heterocycles. The van der Waals surface area contributed by atoms with Crippen molar-refractivity contribution in [1.29, 1.82) is 0 Å². The first-order valence-corrected chi connectivity index (χ1v) is 45.6. The Kier molecular flexibility index (Phi) is 50.6. The van der Waals surface area contributed by atoms with Crippen molar-refractivity contribution in [1.82, 2.24) is 0 Å². The maximum absolute atomic E-state index is 7.83. The maximum Gasteiger partial charge on any atom is 0.148 e. The van der Waals surface area contributed by atoms with Gasteiger partial charge in [0.2, 0.25) is 0 Å². The highest BCUT2D eigenvalue weighted by Crippen LogP contribution is 2.49. The highest BCUT2D eigenvalue weighted by Gasteiger charge is 2.51. The van der Waals surface area contributed by atoms with E-state index in [4.69, 9.17) is 33.2 Å². The van der Waals surface area contributed by atoms with Gasteiger partial charge in [0.1, 0.15) is 12.4 Å². The van der Waals surface area contributed by atoms with Gasteiger partial charge in [-0.05, 0) is 177 Å². The predicted molar refractivity (Wildman–Crippen MR) is 474 cm³/mol. The summed E-state index contributed by atoms with van der Waals surface area (Å²) in [5.41, 5.74) is 13.5. The van der Waals surface area contributed by atoms with Gasteiger partial charge in [0, 0.05) is 45.6 Å². The van der Waals surface area contributed by atoms with Crippen LogP contribution >= 0.6 is 0 Å². The summed E-state index contributed by atoms with van der Waals surface area (Å²) < 4.78 is 50.7. The van der Waals surface area contributed by atoms with Crippen LogP contribution < -0.4 is 0 Å².